The van der Waals surface area contributed by atoms with Crippen LogP contribution in [0.25, 0.3) is 11.4 Å². The fraction of sp³-hybridized carbons (Fsp3) is 0.550. The Morgan fingerprint density at radius 2 is 1.89 bits per heavy atom. The molecule has 150 valence electrons. The van der Waals surface area contributed by atoms with Gasteiger partial charge < -0.3 is 9.42 Å². The van der Waals surface area contributed by atoms with Gasteiger partial charge >= 0.3 is 6.18 Å². The number of fused-ring (bicyclic) bond motifs is 2. The molecule has 0 radical (unpaired) electrons. The molecule has 2 saturated carbocycles. The molecule has 1 aromatic carbocycles. The van der Waals surface area contributed by atoms with Crippen molar-refractivity contribution in [2.24, 2.45) is 17.8 Å². The summed E-state index contributed by atoms with van der Waals surface area (Å²) in [6.45, 7) is 2.58. The Morgan fingerprint density at radius 3 is 2.54 bits per heavy atom. The van der Waals surface area contributed by atoms with Crippen LogP contribution in [0.15, 0.2) is 28.8 Å². The standard InChI is InChI=1S/C20H22F3N3O2/c1-3-26(2)19(27)16-13-5-4-12(10-13)15(16)18-24-17(25-28-18)11-6-8-14(9-7-11)20(21,22)23/h6-9,12-13,15-16H,3-5,10H2,1-2H3/t12-,13+,15+,16+/m1/s1. The van der Waals surface area contributed by atoms with Gasteiger partial charge in [-0.25, -0.2) is 0 Å². The van der Waals surface area contributed by atoms with E-state index < -0.39 is 11.7 Å². The fourth-order valence-electron chi connectivity index (χ4n) is 4.71. The highest BCUT2D eigenvalue weighted by atomic mass is 19.4. The fourth-order valence-corrected chi connectivity index (χ4v) is 4.71. The van der Waals surface area contributed by atoms with Crippen LogP contribution in [-0.2, 0) is 11.0 Å². The number of alkyl halides is 3. The largest absolute Gasteiger partial charge is 0.416 e. The zero-order chi connectivity index (χ0) is 20.1. The van der Waals surface area contributed by atoms with E-state index in [9.17, 15) is 18.0 Å². The van der Waals surface area contributed by atoms with E-state index in [1.165, 1.54) is 12.1 Å². The first-order valence-corrected chi connectivity index (χ1v) is 9.55. The predicted octanol–water partition coefficient (Wildman–Crippen LogP) is 4.36. The summed E-state index contributed by atoms with van der Waals surface area (Å²) in [5, 5.41) is 3.97. The highest BCUT2D eigenvalue weighted by molar-refractivity contribution is 5.80. The van der Waals surface area contributed by atoms with Crippen LogP contribution in [-0.4, -0.2) is 34.5 Å². The van der Waals surface area contributed by atoms with Crippen molar-refractivity contribution in [3.05, 3.63) is 35.7 Å². The van der Waals surface area contributed by atoms with Crippen LogP contribution in [0.4, 0.5) is 13.2 Å². The summed E-state index contributed by atoms with van der Waals surface area (Å²) in [6.07, 6.45) is -1.33. The molecule has 0 saturated heterocycles. The molecule has 2 aliphatic carbocycles. The summed E-state index contributed by atoms with van der Waals surface area (Å²) in [4.78, 5) is 19.1. The van der Waals surface area contributed by atoms with Gasteiger partial charge in [0.05, 0.1) is 17.4 Å². The number of rotatable bonds is 4. The zero-order valence-corrected chi connectivity index (χ0v) is 15.7. The number of nitrogens with zero attached hydrogens (tertiary/aromatic N) is 3. The first-order valence-electron chi connectivity index (χ1n) is 9.55. The van der Waals surface area contributed by atoms with Crippen LogP contribution in [0, 0.1) is 17.8 Å². The van der Waals surface area contributed by atoms with Gasteiger partial charge in [-0.1, -0.05) is 17.3 Å². The summed E-state index contributed by atoms with van der Waals surface area (Å²) in [5.41, 5.74) is -0.263. The number of hydrogen-bond donors (Lipinski definition) is 0. The Balaban J connectivity index is 1.60. The number of halogens is 3. The molecule has 28 heavy (non-hydrogen) atoms. The van der Waals surface area contributed by atoms with E-state index in [0.717, 1.165) is 31.4 Å². The topological polar surface area (TPSA) is 59.2 Å². The molecule has 0 unspecified atom stereocenters. The molecule has 0 aliphatic heterocycles. The van der Waals surface area contributed by atoms with E-state index >= 15 is 0 Å². The molecule has 2 bridgehead atoms. The van der Waals surface area contributed by atoms with Crippen molar-refractivity contribution >= 4 is 5.91 Å². The summed E-state index contributed by atoms with van der Waals surface area (Å²) >= 11 is 0. The van der Waals surface area contributed by atoms with E-state index in [-0.39, 0.29) is 23.6 Å². The quantitative estimate of drug-likeness (QED) is 0.774. The van der Waals surface area contributed by atoms with Gasteiger partial charge in [0.2, 0.25) is 17.6 Å². The Labute approximate surface area is 160 Å². The van der Waals surface area contributed by atoms with Gasteiger partial charge in [-0.3, -0.25) is 4.79 Å². The zero-order valence-electron chi connectivity index (χ0n) is 15.7. The molecule has 1 aromatic heterocycles. The molecule has 1 amide bonds. The number of benzene rings is 1. The third-order valence-electron chi connectivity index (χ3n) is 6.25. The summed E-state index contributed by atoms with van der Waals surface area (Å²) < 4.78 is 43.7. The molecule has 1 heterocycles. The molecule has 2 aliphatic rings. The molecular formula is C20H22F3N3O2. The third-order valence-corrected chi connectivity index (χ3v) is 6.25. The second-order valence-corrected chi connectivity index (χ2v) is 7.77. The van der Waals surface area contributed by atoms with Crippen LogP contribution in [0.3, 0.4) is 0 Å². The van der Waals surface area contributed by atoms with E-state index in [1.54, 1.807) is 11.9 Å². The number of aromatic nitrogens is 2. The van der Waals surface area contributed by atoms with Crippen LogP contribution >= 0.6 is 0 Å². The second kappa shape index (κ2) is 6.90. The van der Waals surface area contributed by atoms with Gasteiger partial charge in [-0.05, 0) is 50.2 Å². The van der Waals surface area contributed by atoms with E-state index in [0.29, 0.717) is 29.8 Å². The minimum absolute atomic E-state index is 0.106. The Hall–Kier alpha value is -2.38. The smallest absolute Gasteiger partial charge is 0.346 e. The van der Waals surface area contributed by atoms with Crippen molar-refractivity contribution < 1.29 is 22.5 Å². The first-order chi connectivity index (χ1) is 13.3. The Kier molecular flexibility index (Phi) is 4.67. The molecule has 4 atom stereocenters. The Morgan fingerprint density at radius 1 is 1.21 bits per heavy atom. The van der Waals surface area contributed by atoms with Gasteiger partial charge in [0.25, 0.3) is 0 Å². The van der Waals surface area contributed by atoms with Crippen molar-refractivity contribution in [1.29, 1.82) is 0 Å². The third kappa shape index (κ3) is 3.18. The Bertz CT molecular complexity index is 862. The van der Waals surface area contributed by atoms with E-state index in [1.807, 2.05) is 6.92 Å². The lowest BCUT2D eigenvalue weighted by atomic mass is 9.78. The van der Waals surface area contributed by atoms with Crippen LogP contribution in [0.1, 0.15) is 43.6 Å². The van der Waals surface area contributed by atoms with Gasteiger partial charge in [-0.15, -0.1) is 0 Å². The van der Waals surface area contributed by atoms with Gasteiger partial charge in [-0.2, -0.15) is 18.2 Å². The molecular weight excluding hydrogens is 371 g/mol. The van der Waals surface area contributed by atoms with Crippen molar-refractivity contribution in [3.8, 4) is 11.4 Å². The summed E-state index contributed by atoms with van der Waals surface area (Å²) in [6, 6.07) is 4.69. The lowest BCUT2D eigenvalue weighted by molar-refractivity contribution is -0.138. The lowest BCUT2D eigenvalue weighted by Gasteiger charge is -2.30. The SMILES string of the molecule is CCN(C)C(=O)[C@H]1[C@H]2CC[C@H](C2)[C@@H]1c1nc(-c2ccc(C(F)(F)F)cc2)no1. The molecule has 2 fully saturated rings. The van der Waals surface area contributed by atoms with E-state index in [4.69, 9.17) is 4.52 Å². The van der Waals surface area contributed by atoms with Crippen LogP contribution in [0.2, 0.25) is 0 Å². The van der Waals surface area contributed by atoms with Crippen LogP contribution in [0.5, 0.6) is 0 Å². The van der Waals surface area contributed by atoms with Crippen LogP contribution < -0.4 is 0 Å². The number of carbonyl (C=O) groups excluding carboxylic acids is 1. The highest BCUT2D eigenvalue weighted by Crippen LogP contribution is 2.56. The predicted molar refractivity (Wildman–Crippen MR) is 95.1 cm³/mol. The van der Waals surface area contributed by atoms with Gasteiger partial charge in [0, 0.05) is 19.2 Å². The van der Waals surface area contributed by atoms with Crippen molar-refractivity contribution in [2.45, 2.75) is 38.3 Å². The molecule has 2 aromatic rings. The molecule has 5 nitrogen and oxygen atoms in total. The van der Waals surface area contributed by atoms with Gasteiger partial charge in [0.1, 0.15) is 0 Å². The number of amides is 1. The highest BCUT2D eigenvalue weighted by Gasteiger charge is 2.54. The summed E-state index contributed by atoms with van der Waals surface area (Å²) in [5.74, 6) is 1.17. The minimum atomic E-state index is -4.39. The normalized spacial score (nSPS) is 26.6. The van der Waals surface area contributed by atoms with E-state index in [2.05, 4.69) is 10.1 Å². The first kappa shape index (κ1) is 19.0. The number of hydrogen-bond acceptors (Lipinski definition) is 4. The van der Waals surface area contributed by atoms with Gasteiger partial charge in [0.15, 0.2) is 0 Å². The number of carbonyl (C=O) groups is 1. The molecule has 0 N–H and O–H groups in total. The maximum absolute atomic E-state index is 12.9. The minimum Gasteiger partial charge on any atom is -0.346 e. The van der Waals surface area contributed by atoms with Crippen molar-refractivity contribution in [3.63, 3.8) is 0 Å². The second-order valence-electron chi connectivity index (χ2n) is 7.77. The van der Waals surface area contributed by atoms with Crippen molar-refractivity contribution in [1.82, 2.24) is 15.0 Å². The average molecular weight is 393 g/mol. The molecule has 4 rings (SSSR count). The maximum atomic E-state index is 12.9. The molecule has 8 heteroatoms. The maximum Gasteiger partial charge on any atom is 0.416 e. The average Bonchev–Trinajstić information content (AvgIpc) is 3.41. The van der Waals surface area contributed by atoms with Crippen molar-refractivity contribution in [2.75, 3.05) is 13.6 Å². The lowest BCUT2D eigenvalue weighted by Crippen LogP contribution is -2.38. The molecule has 0 spiro atoms. The summed E-state index contributed by atoms with van der Waals surface area (Å²) in [7, 11) is 1.80. The monoisotopic (exact) mass is 393 g/mol.